The first-order chi connectivity index (χ1) is 4.27. The van der Waals surface area contributed by atoms with E-state index in [-0.39, 0.29) is 0 Å². The minimum absolute atomic E-state index is 0.751. The first-order valence-electron chi connectivity index (χ1n) is 3.21. The zero-order chi connectivity index (χ0) is 7.11. The Balaban J connectivity index is 3.36. The van der Waals surface area contributed by atoms with E-state index in [0.717, 1.165) is 18.7 Å². The molecule has 0 aliphatic heterocycles. The molecule has 0 heterocycles. The quantitative estimate of drug-likeness (QED) is 0.324. The van der Waals surface area contributed by atoms with Crippen molar-refractivity contribution in [3.05, 3.63) is 17.4 Å². The van der Waals surface area contributed by atoms with Gasteiger partial charge in [0.2, 0.25) is 0 Å². The Bertz CT molecular complexity index is 115. The summed E-state index contributed by atoms with van der Waals surface area (Å²) in [5, 5.41) is 0. The molecule has 0 spiro atoms. The maximum absolute atomic E-state index is 5.46. The molecule has 0 saturated carbocycles. The van der Waals surface area contributed by atoms with E-state index in [0.29, 0.717) is 0 Å². The molecule has 0 aliphatic carbocycles. The number of hydrogen-bond donors (Lipinski definition) is 0. The summed E-state index contributed by atoms with van der Waals surface area (Å²) >= 11 is 5.46. The van der Waals surface area contributed by atoms with E-state index in [1.165, 1.54) is 5.57 Å². The van der Waals surface area contributed by atoms with Gasteiger partial charge in [0, 0.05) is 5.88 Å². The molecule has 0 nitrogen and oxygen atoms in total. The van der Waals surface area contributed by atoms with Crippen molar-refractivity contribution in [1.82, 2.24) is 0 Å². The third-order valence-corrected chi connectivity index (χ3v) is 1.14. The average molecular weight is 145 g/mol. The highest BCUT2D eigenvalue weighted by molar-refractivity contribution is 6.17. The first kappa shape index (κ1) is 8.81. The lowest BCUT2D eigenvalue weighted by Gasteiger charge is -1.82. The smallest absolute Gasteiger partial charge is 0.0226 e. The predicted octanol–water partition coefficient (Wildman–Crippen LogP) is 3.13. The highest BCUT2D eigenvalue weighted by atomic mass is 35.5. The molecule has 1 heteroatoms. The second-order valence-electron chi connectivity index (χ2n) is 2.18. The molecule has 9 heavy (non-hydrogen) atoms. The van der Waals surface area contributed by atoms with Gasteiger partial charge in [-0.3, -0.25) is 0 Å². The number of alkyl halides is 1. The standard InChI is InChI=1S/C8H13Cl/c1-8(2)6-4-3-5-7-9/h4H,3,5,7H2,1-2H3. The Hall–Kier alpha value is -0.190. The fourth-order valence-electron chi connectivity index (χ4n) is 0.456. The minimum Gasteiger partial charge on any atom is -0.127 e. The van der Waals surface area contributed by atoms with Crippen molar-refractivity contribution in [1.29, 1.82) is 0 Å². The summed E-state index contributed by atoms with van der Waals surface area (Å²) < 4.78 is 0. The maximum Gasteiger partial charge on any atom is 0.0226 e. The molecule has 0 aromatic heterocycles. The second kappa shape index (κ2) is 5.94. The van der Waals surface area contributed by atoms with Gasteiger partial charge in [0.15, 0.2) is 0 Å². The SMILES string of the molecule is CC(C)=C=CCCCCl. The molecular formula is C8H13Cl. The maximum atomic E-state index is 5.46. The van der Waals surface area contributed by atoms with Crippen LogP contribution in [0.2, 0.25) is 0 Å². The van der Waals surface area contributed by atoms with Crippen molar-refractivity contribution in [2.45, 2.75) is 26.7 Å². The van der Waals surface area contributed by atoms with Gasteiger partial charge in [-0.05, 0) is 38.3 Å². The van der Waals surface area contributed by atoms with Gasteiger partial charge in [-0.25, -0.2) is 0 Å². The van der Waals surface area contributed by atoms with Crippen LogP contribution in [-0.4, -0.2) is 5.88 Å². The average Bonchev–Trinajstić information content (AvgIpc) is 1.80. The topological polar surface area (TPSA) is 0 Å². The van der Waals surface area contributed by atoms with Gasteiger partial charge in [-0.2, -0.15) is 0 Å². The lowest BCUT2D eigenvalue weighted by molar-refractivity contribution is 0.967. The summed E-state index contributed by atoms with van der Waals surface area (Å²) in [6.45, 7) is 4.08. The molecular weight excluding hydrogens is 132 g/mol. The van der Waals surface area contributed by atoms with Crippen molar-refractivity contribution in [2.24, 2.45) is 0 Å². The van der Waals surface area contributed by atoms with Gasteiger partial charge in [-0.15, -0.1) is 17.3 Å². The summed E-state index contributed by atoms with van der Waals surface area (Å²) in [4.78, 5) is 0. The van der Waals surface area contributed by atoms with Crippen LogP contribution < -0.4 is 0 Å². The van der Waals surface area contributed by atoms with Crippen molar-refractivity contribution in [3.8, 4) is 0 Å². The lowest BCUT2D eigenvalue weighted by Crippen LogP contribution is -1.69. The van der Waals surface area contributed by atoms with Gasteiger partial charge < -0.3 is 0 Å². The lowest BCUT2D eigenvalue weighted by atomic mass is 10.3. The molecule has 0 unspecified atom stereocenters. The van der Waals surface area contributed by atoms with Crippen LogP contribution in [0.1, 0.15) is 26.7 Å². The van der Waals surface area contributed by atoms with E-state index in [1.807, 2.05) is 19.9 Å². The van der Waals surface area contributed by atoms with Crippen LogP contribution >= 0.6 is 11.6 Å². The fraction of sp³-hybridized carbons (Fsp3) is 0.625. The van der Waals surface area contributed by atoms with E-state index in [4.69, 9.17) is 11.6 Å². The Kier molecular flexibility index (Phi) is 5.81. The number of unbranched alkanes of at least 4 members (excludes halogenated alkanes) is 1. The second-order valence-corrected chi connectivity index (χ2v) is 2.56. The Morgan fingerprint density at radius 3 is 2.67 bits per heavy atom. The predicted molar refractivity (Wildman–Crippen MR) is 42.9 cm³/mol. The molecule has 0 N–H and O–H groups in total. The van der Waals surface area contributed by atoms with Crippen LogP contribution in [-0.2, 0) is 0 Å². The third-order valence-electron chi connectivity index (χ3n) is 0.873. The van der Waals surface area contributed by atoms with Crippen molar-refractivity contribution < 1.29 is 0 Å². The summed E-state index contributed by atoms with van der Waals surface area (Å²) in [5.74, 6) is 0.751. The number of halogens is 1. The van der Waals surface area contributed by atoms with Crippen LogP contribution in [0.25, 0.3) is 0 Å². The largest absolute Gasteiger partial charge is 0.127 e. The summed E-state index contributed by atoms with van der Waals surface area (Å²) in [7, 11) is 0. The molecule has 0 rings (SSSR count). The minimum atomic E-state index is 0.751. The number of rotatable bonds is 3. The molecule has 0 atom stereocenters. The van der Waals surface area contributed by atoms with Crippen LogP contribution in [0, 0.1) is 0 Å². The highest BCUT2D eigenvalue weighted by Gasteiger charge is 1.76. The molecule has 0 fully saturated rings. The van der Waals surface area contributed by atoms with Gasteiger partial charge in [0.1, 0.15) is 0 Å². The summed E-state index contributed by atoms with van der Waals surface area (Å²) in [5.41, 5.74) is 4.34. The van der Waals surface area contributed by atoms with E-state index < -0.39 is 0 Å². The van der Waals surface area contributed by atoms with E-state index in [2.05, 4.69) is 5.73 Å². The monoisotopic (exact) mass is 144 g/mol. The van der Waals surface area contributed by atoms with Gasteiger partial charge >= 0.3 is 0 Å². The van der Waals surface area contributed by atoms with Crippen LogP contribution in [0.4, 0.5) is 0 Å². The molecule has 0 saturated heterocycles. The molecule has 0 aromatic carbocycles. The van der Waals surface area contributed by atoms with E-state index in [1.54, 1.807) is 0 Å². The van der Waals surface area contributed by atoms with Crippen molar-refractivity contribution in [3.63, 3.8) is 0 Å². The molecule has 0 radical (unpaired) electrons. The molecule has 0 aromatic rings. The normalized spacial score (nSPS) is 8.33. The van der Waals surface area contributed by atoms with Gasteiger partial charge in [0.25, 0.3) is 0 Å². The fourth-order valence-corrected chi connectivity index (χ4v) is 0.610. The third kappa shape index (κ3) is 7.81. The first-order valence-corrected chi connectivity index (χ1v) is 3.75. The van der Waals surface area contributed by atoms with Gasteiger partial charge in [-0.1, -0.05) is 0 Å². The molecule has 52 valence electrons. The zero-order valence-electron chi connectivity index (χ0n) is 6.08. The van der Waals surface area contributed by atoms with Crippen molar-refractivity contribution >= 4 is 11.6 Å². The van der Waals surface area contributed by atoms with E-state index >= 15 is 0 Å². The number of allylic oxidation sites excluding steroid dienone is 1. The van der Waals surface area contributed by atoms with E-state index in [9.17, 15) is 0 Å². The number of hydrogen-bond acceptors (Lipinski definition) is 0. The van der Waals surface area contributed by atoms with Gasteiger partial charge in [0.05, 0.1) is 0 Å². The Morgan fingerprint density at radius 1 is 1.56 bits per heavy atom. The summed E-state index contributed by atoms with van der Waals surface area (Å²) in [6, 6.07) is 0. The summed E-state index contributed by atoms with van der Waals surface area (Å²) in [6.07, 6.45) is 4.15. The molecule has 0 aliphatic rings. The Morgan fingerprint density at radius 2 is 2.22 bits per heavy atom. The molecule has 0 amide bonds. The van der Waals surface area contributed by atoms with Crippen LogP contribution in [0.5, 0.6) is 0 Å². The van der Waals surface area contributed by atoms with Crippen molar-refractivity contribution in [2.75, 3.05) is 5.88 Å². The highest BCUT2D eigenvalue weighted by Crippen LogP contribution is 1.93. The Labute approximate surface area is 62.2 Å². The van der Waals surface area contributed by atoms with Crippen LogP contribution in [0.3, 0.4) is 0 Å². The van der Waals surface area contributed by atoms with Crippen LogP contribution in [0.15, 0.2) is 17.4 Å². The molecule has 0 bridgehead atoms. The zero-order valence-corrected chi connectivity index (χ0v) is 6.83.